The van der Waals surface area contributed by atoms with Crippen LogP contribution in [0.1, 0.15) is 0 Å². The number of ether oxygens (including phenoxy) is 1. The van der Waals surface area contributed by atoms with Crippen molar-refractivity contribution in [2.24, 2.45) is 0 Å². The predicted molar refractivity (Wildman–Crippen MR) is 73.7 cm³/mol. The van der Waals surface area contributed by atoms with Crippen LogP contribution in [0, 0.1) is 5.82 Å². The van der Waals surface area contributed by atoms with Gasteiger partial charge in [-0.1, -0.05) is 0 Å². The molecule has 0 unspecified atom stereocenters. The van der Waals surface area contributed by atoms with Crippen LogP contribution in [0.3, 0.4) is 0 Å². The molecule has 2 aromatic rings. The van der Waals surface area contributed by atoms with E-state index in [0.29, 0.717) is 16.0 Å². The van der Waals surface area contributed by atoms with Crippen molar-refractivity contribution in [1.82, 2.24) is 0 Å². The normalized spacial score (nSPS) is 11.3. The minimum Gasteiger partial charge on any atom is -0.456 e. The van der Waals surface area contributed by atoms with Gasteiger partial charge in [0.15, 0.2) is 0 Å². The first kappa shape index (κ1) is 14.3. The van der Waals surface area contributed by atoms with Gasteiger partial charge in [0.05, 0.1) is 9.37 Å². The fourth-order valence-corrected chi connectivity index (χ4v) is 2.45. The number of hydrogen-bond donors (Lipinski definition) is 0. The smallest absolute Gasteiger partial charge is 0.261 e. The van der Waals surface area contributed by atoms with Crippen molar-refractivity contribution < 1.29 is 17.5 Å². The Labute approximate surface area is 122 Å². The molecule has 0 N–H and O–H groups in total. The highest BCUT2D eigenvalue weighted by atomic mass is 79.9. The topological polar surface area (TPSA) is 43.4 Å². The average Bonchev–Trinajstić information content (AvgIpc) is 2.33. The molecular weight excluding hydrogens is 359 g/mol. The molecule has 0 atom stereocenters. The Bertz CT molecular complexity index is 701. The monoisotopic (exact) mass is 364 g/mol. The third kappa shape index (κ3) is 3.68. The first-order chi connectivity index (χ1) is 8.86. The van der Waals surface area contributed by atoms with Crippen molar-refractivity contribution in [3.05, 3.63) is 52.8 Å². The quantitative estimate of drug-likeness (QED) is 0.761. The van der Waals surface area contributed by atoms with Gasteiger partial charge in [0.2, 0.25) is 0 Å². The maximum Gasteiger partial charge on any atom is 0.261 e. The second-order valence-corrected chi connectivity index (χ2v) is 7.01. The number of hydrogen-bond acceptors (Lipinski definition) is 3. The molecule has 0 heterocycles. The van der Waals surface area contributed by atoms with Crippen LogP contribution in [0.5, 0.6) is 11.5 Å². The minimum atomic E-state index is -3.76. The lowest BCUT2D eigenvalue weighted by atomic mass is 10.3. The molecule has 0 spiro atoms. The van der Waals surface area contributed by atoms with E-state index in [2.05, 4.69) is 15.9 Å². The van der Waals surface area contributed by atoms with Crippen LogP contribution in [-0.4, -0.2) is 8.42 Å². The van der Waals surface area contributed by atoms with E-state index in [9.17, 15) is 12.8 Å². The van der Waals surface area contributed by atoms with Crippen LogP contribution in [0.4, 0.5) is 4.39 Å². The third-order valence-electron chi connectivity index (χ3n) is 2.23. The van der Waals surface area contributed by atoms with E-state index in [4.69, 9.17) is 15.4 Å². The number of rotatable bonds is 3. The zero-order chi connectivity index (χ0) is 14.0. The minimum absolute atomic E-state index is 0.0279. The molecule has 2 rings (SSSR count). The average molecular weight is 366 g/mol. The van der Waals surface area contributed by atoms with Crippen molar-refractivity contribution in [3.8, 4) is 11.5 Å². The molecule has 0 fully saturated rings. The lowest BCUT2D eigenvalue weighted by molar-refractivity contribution is 0.473. The van der Waals surface area contributed by atoms with Crippen LogP contribution in [0.25, 0.3) is 0 Å². The molecular formula is C12H7BrClFO3S. The summed E-state index contributed by atoms with van der Waals surface area (Å²) >= 11 is 3.23. The molecule has 0 aliphatic rings. The van der Waals surface area contributed by atoms with Crippen LogP contribution in [0.2, 0.25) is 0 Å². The molecule has 0 aliphatic heterocycles. The molecule has 0 aliphatic carbocycles. The van der Waals surface area contributed by atoms with Crippen LogP contribution < -0.4 is 4.74 Å². The molecule has 0 saturated heterocycles. The molecule has 0 bridgehead atoms. The fraction of sp³-hybridized carbons (Fsp3) is 0. The Kier molecular flexibility index (Phi) is 4.13. The van der Waals surface area contributed by atoms with E-state index in [-0.39, 0.29) is 4.90 Å². The largest absolute Gasteiger partial charge is 0.456 e. The zero-order valence-electron chi connectivity index (χ0n) is 9.31. The highest BCUT2D eigenvalue weighted by Crippen LogP contribution is 2.30. The van der Waals surface area contributed by atoms with E-state index < -0.39 is 14.9 Å². The summed E-state index contributed by atoms with van der Waals surface area (Å²) in [5.74, 6) is 0.231. The summed E-state index contributed by atoms with van der Waals surface area (Å²) in [5, 5.41) is 0. The standard InChI is InChI=1S/C12H7BrClFO3S/c13-11-6-1-8(15)7-12(11)18-9-2-4-10(5-3-9)19(14,16)17/h1-7H. The molecule has 2 aromatic carbocycles. The van der Waals surface area contributed by atoms with E-state index in [0.717, 1.165) is 0 Å². The zero-order valence-corrected chi connectivity index (χ0v) is 12.5. The second-order valence-electron chi connectivity index (χ2n) is 3.59. The maximum absolute atomic E-state index is 13.1. The number of halogens is 3. The third-order valence-corrected chi connectivity index (χ3v) is 4.25. The summed E-state index contributed by atoms with van der Waals surface area (Å²) < 4.78 is 41.2. The van der Waals surface area contributed by atoms with Gasteiger partial charge in [0.1, 0.15) is 17.3 Å². The summed E-state index contributed by atoms with van der Waals surface area (Å²) in [4.78, 5) is -0.0279. The Morgan fingerprint density at radius 3 is 2.32 bits per heavy atom. The van der Waals surface area contributed by atoms with Gasteiger partial charge in [0.25, 0.3) is 9.05 Å². The van der Waals surface area contributed by atoms with Gasteiger partial charge in [-0.3, -0.25) is 0 Å². The SMILES string of the molecule is O=S(=O)(Cl)c1ccc(Oc2cc(F)ccc2Br)cc1. The molecule has 0 aromatic heterocycles. The summed E-state index contributed by atoms with van der Waals surface area (Å²) in [6.45, 7) is 0. The van der Waals surface area contributed by atoms with Gasteiger partial charge in [-0.25, -0.2) is 12.8 Å². The van der Waals surface area contributed by atoms with Crippen LogP contribution in [0.15, 0.2) is 51.8 Å². The van der Waals surface area contributed by atoms with Crippen molar-refractivity contribution in [2.75, 3.05) is 0 Å². The first-order valence-corrected chi connectivity index (χ1v) is 8.14. The van der Waals surface area contributed by atoms with Gasteiger partial charge < -0.3 is 4.74 Å². The Hall–Kier alpha value is -1.11. The maximum atomic E-state index is 13.1. The summed E-state index contributed by atoms with van der Waals surface area (Å²) in [6, 6.07) is 9.52. The lowest BCUT2D eigenvalue weighted by Gasteiger charge is -2.08. The summed E-state index contributed by atoms with van der Waals surface area (Å²) in [7, 11) is 1.43. The molecule has 7 heteroatoms. The second kappa shape index (κ2) is 5.48. The molecule has 100 valence electrons. The number of benzene rings is 2. The summed E-state index contributed by atoms with van der Waals surface area (Å²) in [5.41, 5.74) is 0. The lowest BCUT2D eigenvalue weighted by Crippen LogP contribution is -1.91. The molecule has 3 nitrogen and oxygen atoms in total. The van der Waals surface area contributed by atoms with Gasteiger partial charge >= 0.3 is 0 Å². The van der Waals surface area contributed by atoms with Gasteiger partial charge in [-0.15, -0.1) is 0 Å². The Morgan fingerprint density at radius 1 is 1.11 bits per heavy atom. The van der Waals surface area contributed by atoms with Crippen molar-refractivity contribution in [1.29, 1.82) is 0 Å². The molecule has 19 heavy (non-hydrogen) atoms. The highest BCUT2D eigenvalue weighted by molar-refractivity contribution is 9.10. The van der Waals surface area contributed by atoms with E-state index in [1.165, 1.54) is 42.5 Å². The molecule has 0 amide bonds. The first-order valence-electron chi connectivity index (χ1n) is 5.04. The van der Waals surface area contributed by atoms with Gasteiger partial charge in [-0.2, -0.15) is 0 Å². The summed E-state index contributed by atoms with van der Waals surface area (Å²) in [6.07, 6.45) is 0. The Balaban J connectivity index is 2.27. The van der Waals surface area contributed by atoms with Crippen LogP contribution in [-0.2, 0) is 9.05 Å². The van der Waals surface area contributed by atoms with Gasteiger partial charge in [0, 0.05) is 16.7 Å². The molecule has 0 radical (unpaired) electrons. The van der Waals surface area contributed by atoms with E-state index in [1.54, 1.807) is 0 Å². The highest BCUT2D eigenvalue weighted by Gasteiger charge is 2.10. The van der Waals surface area contributed by atoms with Crippen molar-refractivity contribution in [2.45, 2.75) is 4.90 Å². The Morgan fingerprint density at radius 2 is 1.74 bits per heavy atom. The van der Waals surface area contributed by atoms with Crippen molar-refractivity contribution in [3.63, 3.8) is 0 Å². The van der Waals surface area contributed by atoms with Crippen molar-refractivity contribution >= 4 is 35.7 Å². The predicted octanol–water partition coefficient (Wildman–Crippen LogP) is 4.31. The van der Waals surface area contributed by atoms with Crippen LogP contribution >= 0.6 is 26.6 Å². The van der Waals surface area contributed by atoms with Gasteiger partial charge in [-0.05, 0) is 52.3 Å². The molecule has 0 saturated carbocycles. The fourth-order valence-electron chi connectivity index (χ4n) is 1.35. The van der Waals surface area contributed by atoms with E-state index >= 15 is 0 Å². The van der Waals surface area contributed by atoms with E-state index in [1.807, 2.05) is 0 Å².